The van der Waals surface area contributed by atoms with E-state index in [1.807, 2.05) is 45.0 Å². The van der Waals surface area contributed by atoms with Gasteiger partial charge in [-0.1, -0.05) is 32.0 Å². The Bertz CT molecular complexity index is 862. The number of nitrogens with zero attached hydrogens (tertiary/aromatic N) is 1. The van der Waals surface area contributed by atoms with Gasteiger partial charge < -0.3 is 10.1 Å². The molecule has 0 saturated carbocycles. The Morgan fingerprint density at radius 3 is 2.56 bits per heavy atom. The van der Waals surface area contributed by atoms with Crippen molar-refractivity contribution < 1.29 is 19.1 Å². The molecule has 3 amide bonds. The SMILES string of the molecule is Cc1nc2ccccc2c(C)c1C(=O)OCC(=O)NC(=O)NCCC(C)C. The van der Waals surface area contributed by atoms with Gasteiger partial charge >= 0.3 is 12.0 Å². The van der Waals surface area contributed by atoms with E-state index in [-0.39, 0.29) is 0 Å². The first-order chi connectivity index (χ1) is 12.8. The third-order valence-corrected chi connectivity index (χ3v) is 4.13. The number of hydrogen-bond donors (Lipinski definition) is 2. The van der Waals surface area contributed by atoms with Gasteiger partial charge in [0, 0.05) is 11.9 Å². The number of carbonyl (C=O) groups excluding carboxylic acids is 3. The fourth-order valence-corrected chi connectivity index (χ4v) is 2.72. The lowest BCUT2D eigenvalue weighted by Crippen LogP contribution is -2.42. The number of rotatable bonds is 6. The highest BCUT2D eigenvalue weighted by molar-refractivity contribution is 6.00. The zero-order valence-electron chi connectivity index (χ0n) is 16.1. The molecule has 2 aromatic rings. The second-order valence-corrected chi connectivity index (χ2v) is 6.78. The van der Waals surface area contributed by atoms with Crippen LogP contribution >= 0.6 is 0 Å². The highest BCUT2D eigenvalue weighted by Crippen LogP contribution is 2.23. The molecule has 2 rings (SSSR count). The second kappa shape index (κ2) is 9.12. The summed E-state index contributed by atoms with van der Waals surface area (Å²) in [5.41, 5.74) is 2.40. The van der Waals surface area contributed by atoms with E-state index in [0.29, 0.717) is 23.7 Å². The molecule has 0 aliphatic carbocycles. The smallest absolute Gasteiger partial charge is 0.340 e. The Hall–Kier alpha value is -2.96. The van der Waals surface area contributed by atoms with Gasteiger partial charge in [0.1, 0.15) is 0 Å². The molecule has 1 aromatic heterocycles. The molecule has 0 bridgehead atoms. The number of ether oxygens (including phenoxy) is 1. The number of urea groups is 1. The molecule has 0 radical (unpaired) electrons. The van der Waals surface area contributed by atoms with Crippen LogP contribution in [0.15, 0.2) is 24.3 Å². The summed E-state index contributed by atoms with van der Waals surface area (Å²) >= 11 is 0. The van der Waals surface area contributed by atoms with Crippen LogP contribution in [0.2, 0.25) is 0 Å². The Kier molecular flexibility index (Phi) is 6.87. The predicted octanol–water partition coefficient (Wildman–Crippen LogP) is 2.88. The maximum Gasteiger partial charge on any atom is 0.340 e. The van der Waals surface area contributed by atoms with Crippen molar-refractivity contribution in [3.05, 3.63) is 41.1 Å². The second-order valence-electron chi connectivity index (χ2n) is 6.78. The average molecular weight is 371 g/mol. The van der Waals surface area contributed by atoms with Crippen LogP contribution < -0.4 is 10.6 Å². The standard InChI is InChI=1S/C20H25N3O4/c1-12(2)9-10-21-20(26)23-17(24)11-27-19(25)18-13(3)15-7-5-6-8-16(15)22-14(18)4/h5-8,12H,9-11H2,1-4H3,(H2,21,23,24,26). The molecule has 1 heterocycles. The van der Waals surface area contributed by atoms with Crippen LogP contribution in [-0.2, 0) is 9.53 Å². The number of hydrogen-bond acceptors (Lipinski definition) is 5. The topological polar surface area (TPSA) is 97.4 Å². The first kappa shape index (κ1) is 20.4. The quantitative estimate of drug-likeness (QED) is 0.761. The molecule has 0 aliphatic heterocycles. The van der Waals surface area contributed by atoms with E-state index in [2.05, 4.69) is 15.6 Å². The van der Waals surface area contributed by atoms with Crippen molar-refractivity contribution in [3.63, 3.8) is 0 Å². The maximum atomic E-state index is 12.4. The van der Waals surface area contributed by atoms with Gasteiger partial charge in [0.15, 0.2) is 6.61 Å². The Morgan fingerprint density at radius 2 is 1.85 bits per heavy atom. The van der Waals surface area contributed by atoms with Crippen LogP contribution in [0.3, 0.4) is 0 Å². The summed E-state index contributed by atoms with van der Waals surface area (Å²) in [6.45, 7) is 7.54. The predicted molar refractivity (Wildman–Crippen MR) is 102 cm³/mol. The number of carbonyl (C=O) groups is 3. The zero-order valence-corrected chi connectivity index (χ0v) is 16.1. The fraction of sp³-hybridized carbons (Fsp3) is 0.400. The van der Waals surface area contributed by atoms with Crippen molar-refractivity contribution in [1.29, 1.82) is 0 Å². The first-order valence-electron chi connectivity index (χ1n) is 8.90. The molecule has 7 nitrogen and oxygen atoms in total. The van der Waals surface area contributed by atoms with Crippen LogP contribution in [0.1, 0.15) is 41.9 Å². The molecule has 0 unspecified atom stereocenters. The van der Waals surface area contributed by atoms with Gasteiger partial charge in [-0.2, -0.15) is 0 Å². The third kappa shape index (κ3) is 5.51. The minimum Gasteiger partial charge on any atom is -0.452 e. The summed E-state index contributed by atoms with van der Waals surface area (Å²) in [4.78, 5) is 40.3. The van der Waals surface area contributed by atoms with Gasteiger partial charge in [-0.05, 0) is 37.8 Å². The molecule has 0 saturated heterocycles. The highest BCUT2D eigenvalue weighted by atomic mass is 16.5. The Labute approximate surface area is 158 Å². The normalized spacial score (nSPS) is 10.7. The van der Waals surface area contributed by atoms with Crippen molar-refractivity contribution >= 4 is 28.8 Å². The number of aromatic nitrogens is 1. The van der Waals surface area contributed by atoms with Crippen LogP contribution in [0.5, 0.6) is 0 Å². The number of amides is 3. The molecular formula is C20H25N3O4. The number of aryl methyl sites for hydroxylation is 2. The van der Waals surface area contributed by atoms with Gasteiger partial charge in [0.05, 0.1) is 16.8 Å². The molecule has 1 aromatic carbocycles. The Morgan fingerprint density at radius 1 is 1.15 bits per heavy atom. The van der Waals surface area contributed by atoms with Gasteiger partial charge in [-0.15, -0.1) is 0 Å². The van der Waals surface area contributed by atoms with Gasteiger partial charge in [-0.3, -0.25) is 15.1 Å². The molecular weight excluding hydrogens is 346 g/mol. The molecule has 0 aliphatic rings. The van der Waals surface area contributed by atoms with Crippen molar-refractivity contribution in [2.75, 3.05) is 13.2 Å². The summed E-state index contributed by atoms with van der Waals surface area (Å²) in [6, 6.07) is 6.89. The number of esters is 1. The molecule has 0 spiro atoms. The number of nitrogens with one attached hydrogen (secondary N) is 2. The Balaban J connectivity index is 1.95. The summed E-state index contributed by atoms with van der Waals surface area (Å²) in [6.07, 6.45) is 0.810. The monoisotopic (exact) mass is 371 g/mol. The maximum absolute atomic E-state index is 12.4. The third-order valence-electron chi connectivity index (χ3n) is 4.13. The summed E-state index contributed by atoms with van der Waals surface area (Å²) in [5.74, 6) is -0.878. The van der Waals surface area contributed by atoms with Crippen LogP contribution in [0.4, 0.5) is 4.79 Å². The number of para-hydroxylation sites is 1. The number of benzene rings is 1. The largest absolute Gasteiger partial charge is 0.452 e. The summed E-state index contributed by atoms with van der Waals surface area (Å²) < 4.78 is 5.07. The van der Waals surface area contributed by atoms with Crippen LogP contribution in [0, 0.1) is 19.8 Å². The first-order valence-corrected chi connectivity index (χ1v) is 8.90. The molecule has 144 valence electrons. The van der Waals surface area contributed by atoms with E-state index in [1.54, 1.807) is 6.92 Å². The molecule has 0 atom stereocenters. The minimum absolute atomic E-state index is 0.336. The average Bonchev–Trinajstić information content (AvgIpc) is 2.59. The van der Waals surface area contributed by atoms with E-state index in [9.17, 15) is 14.4 Å². The van der Waals surface area contributed by atoms with E-state index in [4.69, 9.17) is 4.74 Å². The van der Waals surface area contributed by atoms with Crippen molar-refractivity contribution in [2.45, 2.75) is 34.1 Å². The van der Waals surface area contributed by atoms with Gasteiger partial charge in [0.2, 0.25) is 0 Å². The molecule has 0 fully saturated rings. The lowest BCUT2D eigenvalue weighted by molar-refractivity contribution is -0.123. The van der Waals surface area contributed by atoms with Crippen LogP contribution in [-0.4, -0.2) is 36.0 Å². The van der Waals surface area contributed by atoms with Crippen molar-refractivity contribution in [2.24, 2.45) is 5.92 Å². The number of fused-ring (bicyclic) bond motifs is 1. The van der Waals surface area contributed by atoms with Gasteiger partial charge in [0.25, 0.3) is 5.91 Å². The van der Waals surface area contributed by atoms with E-state index < -0.39 is 24.5 Å². The summed E-state index contributed by atoms with van der Waals surface area (Å²) in [7, 11) is 0. The molecule has 27 heavy (non-hydrogen) atoms. The number of pyridine rings is 1. The van der Waals surface area contributed by atoms with E-state index >= 15 is 0 Å². The van der Waals surface area contributed by atoms with Crippen molar-refractivity contribution in [1.82, 2.24) is 15.6 Å². The molecule has 7 heteroatoms. The van der Waals surface area contributed by atoms with Crippen molar-refractivity contribution in [3.8, 4) is 0 Å². The highest BCUT2D eigenvalue weighted by Gasteiger charge is 2.19. The number of imide groups is 1. The fourth-order valence-electron chi connectivity index (χ4n) is 2.72. The summed E-state index contributed by atoms with van der Waals surface area (Å²) in [5, 5.41) is 5.57. The lowest BCUT2D eigenvalue weighted by Gasteiger charge is -2.12. The minimum atomic E-state index is -0.686. The van der Waals surface area contributed by atoms with Gasteiger partial charge in [-0.25, -0.2) is 9.59 Å². The van der Waals surface area contributed by atoms with E-state index in [1.165, 1.54) is 0 Å². The zero-order chi connectivity index (χ0) is 20.0. The lowest BCUT2D eigenvalue weighted by atomic mass is 10.0. The van der Waals surface area contributed by atoms with E-state index in [0.717, 1.165) is 22.9 Å². The van der Waals surface area contributed by atoms with Crippen LogP contribution in [0.25, 0.3) is 10.9 Å². The molecule has 2 N–H and O–H groups in total.